The quantitative estimate of drug-likeness (QED) is 0.741. The third-order valence-electron chi connectivity index (χ3n) is 4.22. The van der Waals surface area contributed by atoms with Gasteiger partial charge >= 0.3 is 5.97 Å². The van der Waals surface area contributed by atoms with Crippen molar-refractivity contribution in [2.45, 2.75) is 47.1 Å². The van der Waals surface area contributed by atoms with Gasteiger partial charge in [-0.05, 0) is 63.4 Å². The van der Waals surface area contributed by atoms with E-state index in [0.717, 1.165) is 28.0 Å². The van der Waals surface area contributed by atoms with Gasteiger partial charge < -0.3 is 14.8 Å². The molecule has 5 heteroatoms. The van der Waals surface area contributed by atoms with Crippen molar-refractivity contribution >= 4 is 17.6 Å². The van der Waals surface area contributed by atoms with Gasteiger partial charge in [-0.2, -0.15) is 0 Å². The zero-order valence-corrected chi connectivity index (χ0v) is 16.6. The zero-order chi connectivity index (χ0) is 20.0. The van der Waals surface area contributed by atoms with Crippen molar-refractivity contribution in [2.75, 3.05) is 11.9 Å². The number of carbonyl (C=O) groups is 2. The number of carbonyl (C=O) groups excluding carboxylic acids is 2. The Labute approximate surface area is 160 Å². The molecule has 0 aliphatic rings. The summed E-state index contributed by atoms with van der Waals surface area (Å²) in [5, 5.41) is 2.79. The maximum absolute atomic E-state index is 12.2. The summed E-state index contributed by atoms with van der Waals surface area (Å²) in [4.78, 5) is 24.2. The summed E-state index contributed by atoms with van der Waals surface area (Å²) in [7, 11) is 0. The fourth-order valence-corrected chi connectivity index (χ4v) is 2.60. The molecule has 1 unspecified atom stereocenters. The first-order valence-electron chi connectivity index (χ1n) is 9.04. The van der Waals surface area contributed by atoms with Gasteiger partial charge in [-0.3, -0.25) is 9.59 Å². The van der Waals surface area contributed by atoms with E-state index in [0.29, 0.717) is 5.69 Å². The number of anilines is 1. The average Bonchev–Trinajstić information content (AvgIpc) is 2.60. The van der Waals surface area contributed by atoms with Gasteiger partial charge in [0.2, 0.25) is 0 Å². The first-order valence-corrected chi connectivity index (χ1v) is 9.04. The minimum absolute atomic E-state index is 0.0779. The number of hydrogen-bond acceptors (Lipinski definition) is 4. The molecule has 0 aliphatic heterocycles. The van der Waals surface area contributed by atoms with Crippen LogP contribution >= 0.6 is 0 Å². The summed E-state index contributed by atoms with van der Waals surface area (Å²) >= 11 is 0. The van der Waals surface area contributed by atoms with Crippen LogP contribution in [0.5, 0.6) is 5.75 Å². The Morgan fingerprint density at radius 2 is 1.63 bits per heavy atom. The Hall–Kier alpha value is -2.82. The van der Waals surface area contributed by atoms with Crippen molar-refractivity contribution < 1.29 is 19.1 Å². The van der Waals surface area contributed by atoms with Crippen LogP contribution in [-0.4, -0.2) is 24.6 Å². The Kier molecular flexibility index (Phi) is 6.99. The minimum Gasteiger partial charge on any atom is -0.493 e. The summed E-state index contributed by atoms with van der Waals surface area (Å²) in [6.07, 6.45) is -0.798. The lowest BCUT2D eigenvalue weighted by molar-refractivity contribution is -0.153. The van der Waals surface area contributed by atoms with Crippen LogP contribution in [0.4, 0.5) is 5.69 Å². The van der Waals surface area contributed by atoms with Gasteiger partial charge in [0.25, 0.3) is 5.91 Å². The van der Waals surface area contributed by atoms with Crippen molar-refractivity contribution in [3.8, 4) is 5.75 Å². The number of rotatable bonds is 7. The van der Waals surface area contributed by atoms with E-state index in [9.17, 15) is 9.59 Å². The number of ether oxygens (including phenoxy) is 2. The zero-order valence-electron chi connectivity index (χ0n) is 16.6. The second-order valence-electron chi connectivity index (χ2n) is 6.81. The highest BCUT2D eigenvalue weighted by molar-refractivity contribution is 5.95. The van der Waals surface area contributed by atoms with Crippen LogP contribution in [0.2, 0.25) is 0 Å². The highest BCUT2D eigenvalue weighted by Crippen LogP contribution is 2.19. The SMILES string of the molecule is Cc1ccc(NC(=O)C(C)OC(=O)CCOc2cc(C)ccc2C)c(C)c1. The topological polar surface area (TPSA) is 64.6 Å². The number of hydrogen-bond donors (Lipinski definition) is 1. The molecule has 0 fully saturated rings. The molecule has 2 aromatic carbocycles. The third kappa shape index (κ3) is 6.13. The molecule has 2 rings (SSSR count). The number of amides is 1. The molecule has 0 bridgehead atoms. The van der Waals surface area contributed by atoms with Crippen molar-refractivity contribution in [2.24, 2.45) is 0 Å². The lowest BCUT2D eigenvalue weighted by atomic mass is 10.1. The number of benzene rings is 2. The molecule has 2 aromatic rings. The molecule has 0 heterocycles. The van der Waals surface area contributed by atoms with Gasteiger partial charge in [-0.15, -0.1) is 0 Å². The summed E-state index contributed by atoms with van der Waals surface area (Å²) in [5.41, 5.74) is 4.90. The van der Waals surface area contributed by atoms with E-state index in [4.69, 9.17) is 9.47 Å². The fraction of sp³-hybridized carbons (Fsp3) is 0.364. The normalized spacial score (nSPS) is 11.6. The van der Waals surface area contributed by atoms with Crippen LogP contribution < -0.4 is 10.1 Å². The number of aryl methyl sites for hydroxylation is 4. The van der Waals surface area contributed by atoms with Gasteiger partial charge in [-0.1, -0.05) is 29.8 Å². The minimum atomic E-state index is -0.876. The maximum Gasteiger partial charge on any atom is 0.310 e. The van der Waals surface area contributed by atoms with Crippen LogP contribution in [0.3, 0.4) is 0 Å². The monoisotopic (exact) mass is 369 g/mol. The summed E-state index contributed by atoms with van der Waals surface area (Å²) in [6, 6.07) is 11.7. The highest BCUT2D eigenvalue weighted by Gasteiger charge is 2.18. The van der Waals surface area contributed by atoms with Gasteiger partial charge in [0.15, 0.2) is 6.10 Å². The first-order chi connectivity index (χ1) is 12.8. The lowest BCUT2D eigenvalue weighted by Gasteiger charge is -2.15. The molecule has 0 aromatic heterocycles. The maximum atomic E-state index is 12.2. The molecule has 0 aliphatic carbocycles. The molecule has 1 N–H and O–H groups in total. The van der Waals surface area contributed by atoms with Gasteiger partial charge in [0.1, 0.15) is 5.75 Å². The van der Waals surface area contributed by atoms with Crippen molar-refractivity contribution in [1.29, 1.82) is 0 Å². The molecule has 5 nitrogen and oxygen atoms in total. The second-order valence-corrected chi connectivity index (χ2v) is 6.81. The van der Waals surface area contributed by atoms with Crippen molar-refractivity contribution in [3.05, 3.63) is 58.7 Å². The molecule has 27 heavy (non-hydrogen) atoms. The summed E-state index contributed by atoms with van der Waals surface area (Å²) < 4.78 is 10.9. The van der Waals surface area contributed by atoms with Crippen LogP contribution in [0.25, 0.3) is 0 Å². The van der Waals surface area contributed by atoms with Gasteiger partial charge in [0.05, 0.1) is 13.0 Å². The van der Waals surface area contributed by atoms with Crippen LogP contribution in [0, 0.1) is 27.7 Å². The van der Waals surface area contributed by atoms with Crippen LogP contribution in [-0.2, 0) is 14.3 Å². The third-order valence-corrected chi connectivity index (χ3v) is 4.22. The smallest absolute Gasteiger partial charge is 0.310 e. The number of esters is 1. The molecular weight excluding hydrogens is 342 g/mol. The molecule has 0 saturated heterocycles. The first kappa shape index (κ1) is 20.5. The second kappa shape index (κ2) is 9.21. The fourth-order valence-electron chi connectivity index (χ4n) is 2.60. The molecule has 0 radical (unpaired) electrons. The molecule has 1 atom stereocenters. The molecular formula is C22H27NO4. The van der Waals surface area contributed by atoms with E-state index in [1.54, 1.807) is 6.92 Å². The summed E-state index contributed by atoms with van der Waals surface area (Å²) in [6.45, 7) is 9.60. The molecule has 0 saturated carbocycles. The van der Waals surface area contributed by atoms with E-state index < -0.39 is 12.1 Å². The Morgan fingerprint density at radius 1 is 0.963 bits per heavy atom. The summed E-state index contributed by atoms with van der Waals surface area (Å²) in [5.74, 6) is -0.0715. The van der Waals surface area contributed by atoms with Gasteiger partial charge in [0, 0.05) is 5.69 Å². The van der Waals surface area contributed by atoms with Crippen molar-refractivity contribution in [3.63, 3.8) is 0 Å². The molecule has 1 amide bonds. The highest BCUT2D eigenvalue weighted by atomic mass is 16.5. The Bertz CT molecular complexity index is 829. The van der Waals surface area contributed by atoms with Crippen LogP contribution in [0.15, 0.2) is 36.4 Å². The molecule has 0 spiro atoms. The largest absolute Gasteiger partial charge is 0.493 e. The Balaban J connectivity index is 1.80. The van der Waals surface area contributed by atoms with Crippen molar-refractivity contribution in [1.82, 2.24) is 0 Å². The Morgan fingerprint density at radius 3 is 2.33 bits per heavy atom. The predicted molar refractivity (Wildman–Crippen MR) is 106 cm³/mol. The standard InChI is InChI=1S/C22H27NO4/c1-14-7-9-19(17(4)12-14)23-22(25)18(5)27-21(24)10-11-26-20-13-15(2)6-8-16(20)3/h6-9,12-13,18H,10-11H2,1-5H3,(H,23,25). The van der Waals surface area contributed by atoms with E-state index >= 15 is 0 Å². The van der Waals surface area contributed by atoms with E-state index in [-0.39, 0.29) is 18.9 Å². The lowest BCUT2D eigenvalue weighted by Crippen LogP contribution is -2.30. The van der Waals surface area contributed by atoms with Gasteiger partial charge in [-0.25, -0.2) is 0 Å². The van der Waals surface area contributed by atoms with E-state index in [2.05, 4.69) is 5.32 Å². The average molecular weight is 369 g/mol. The van der Waals surface area contributed by atoms with E-state index in [1.807, 2.05) is 64.1 Å². The number of nitrogens with one attached hydrogen (secondary N) is 1. The predicted octanol–water partition coefficient (Wildman–Crippen LogP) is 4.26. The van der Waals surface area contributed by atoms with E-state index in [1.165, 1.54) is 0 Å². The molecule has 144 valence electrons. The van der Waals surface area contributed by atoms with Crippen LogP contribution in [0.1, 0.15) is 35.6 Å².